The van der Waals surface area contributed by atoms with Gasteiger partial charge in [-0.3, -0.25) is 4.79 Å². The van der Waals surface area contributed by atoms with Crippen molar-refractivity contribution in [2.75, 3.05) is 18.1 Å². The molecule has 3 aromatic rings. The smallest absolute Gasteiger partial charge is 0.227 e. The molecule has 2 heterocycles. The Morgan fingerprint density at radius 1 is 1.13 bits per heavy atom. The predicted octanol–water partition coefficient (Wildman–Crippen LogP) is 3.53. The van der Waals surface area contributed by atoms with E-state index in [0.29, 0.717) is 19.6 Å². The summed E-state index contributed by atoms with van der Waals surface area (Å²) in [5.41, 5.74) is 3.19. The van der Waals surface area contributed by atoms with Gasteiger partial charge in [-0.05, 0) is 30.2 Å². The van der Waals surface area contributed by atoms with Gasteiger partial charge in [-0.2, -0.15) is 0 Å². The lowest BCUT2D eigenvalue weighted by atomic mass is 10.1. The van der Waals surface area contributed by atoms with Crippen molar-refractivity contribution in [1.29, 1.82) is 0 Å². The Kier molecular flexibility index (Phi) is 3.50. The number of hydrogen-bond acceptors (Lipinski definition) is 2. The van der Waals surface area contributed by atoms with E-state index in [1.165, 1.54) is 10.9 Å². The lowest BCUT2D eigenvalue weighted by molar-refractivity contribution is -0.118. The molecule has 0 atom stereocenters. The van der Waals surface area contributed by atoms with Crippen LogP contribution in [0.15, 0.2) is 54.7 Å². The highest BCUT2D eigenvalue weighted by atomic mass is 16.5. The molecule has 0 saturated carbocycles. The van der Waals surface area contributed by atoms with E-state index in [2.05, 4.69) is 17.1 Å². The number of aryl methyl sites for hydroxylation is 1. The fraction of sp³-hybridized carbons (Fsp3) is 0.211. The number of ether oxygens (including phenoxy) is 1. The second-order valence-corrected chi connectivity index (χ2v) is 5.72. The minimum Gasteiger partial charge on any atom is -0.490 e. The van der Waals surface area contributed by atoms with Crippen molar-refractivity contribution in [3.8, 4) is 5.75 Å². The molecule has 1 aliphatic rings. The summed E-state index contributed by atoms with van der Waals surface area (Å²) in [6.07, 6.45) is 3.24. The first-order valence-corrected chi connectivity index (χ1v) is 7.90. The zero-order chi connectivity index (χ0) is 15.6. The van der Waals surface area contributed by atoms with E-state index >= 15 is 0 Å². The molecule has 0 fully saturated rings. The number of rotatable bonds is 3. The number of H-pyrrole nitrogens is 1. The number of aromatic amines is 1. The Bertz CT molecular complexity index is 853. The summed E-state index contributed by atoms with van der Waals surface area (Å²) in [5, 5.41) is 1.20. The average molecular weight is 306 g/mol. The Balaban J connectivity index is 1.51. The average Bonchev–Trinajstić information content (AvgIpc) is 3.02. The molecule has 0 unspecified atom stereocenters. The Morgan fingerprint density at radius 3 is 2.91 bits per heavy atom. The first-order chi connectivity index (χ1) is 11.3. The molecule has 4 nitrogen and oxygen atoms in total. The van der Waals surface area contributed by atoms with Crippen LogP contribution in [0.1, 0.15) is 12.0 Å². The summed E-state index contributed by atoms with van der Waals surface area (Å²) in [6, 6.07) is 15.9. The van der Waals surface area contributed by atoms with Crippen molar-refractivity contribution in [2.24, 2.45) is 0 Å². The zero-order valence-corrected chi connectivity index (χ0v) is 12.8. The van der Waals surface area contributed by atoms with Crippen molar-refractivity contribution in [2.45, 2.75) is 12.8 Å². The van der Waals surface area contributed by atoms with Gasteiger partial charge in [0.15, 0.2) is 0 Å². The summed E-state index contributed by atoms with van der Waals surface area (Å²) < 4.78 is 5.61. The summed E-state index contributed by atoms with van der Waals surface area (Å²) >= 11 is 0. The number of aromatic nitrogens is 1. The van der Waals surface area contributed by atoms with E-state index in [1.807, 2.05) is 47.5 Å². The number of nitrogens with one attached hydrogen (secondary N) is 1. The molecule has 1 aromatic heterocycles. The SMILES string of the molecule is O=C(CCc1c[nH]c2ccccc12)N1CCOc2ccccc21. The molecular weight excluding hydrogens is 288 g/mol. The van der Waals surface area contributed by atoms with Gasteiger partial charge in [-0.15, -0.1) is 0 Å². The molecule has 0 bridgehead atoms. The molecule has 1 amide bonds. The van der Waals surface area contributed by atoms with Gasteiger partial charge in [0.25, 0.3) is 0 Å². The second-order valence-electron chi connectivity index (χ2n) is 5.72. The largest absolute Gasteiger partial charge is 0.490 e. The topological polar surface area (TPSA) is 45.3 Å². The molecule has 0 radical (unpaired) electrons. The van der Waals surface area contributed by atoms with Crippen LogP contribution in [-0.2, 0) is 11.2 Å². The summed E-state index contributed by atoms with van der Waals surface area (Å²) in [5.74, 6) is 0.935. The van der Waals surface area contributed by atoms with E-state index in [9.17, 15) is 4.79 Å². The van der Waals surface area contributed by atoms with Gasteiger partial charge in [-0.1, -0.05) is 30.3 Å². The summed E-state index contributed by atoms with van der Waals surface area (Å²) in [7, 11) is 0. The second kappa shape index (κ2) is 5.80. The number of anilines is 1. The van der Waals surface area contributed by atoms with Crippen LogP contribution in [0.25, 0.3) is 10.9 Å². The highest BCUT2D eigenvalue weighted by molar-refractivity contribution is 5.95. The van der Waals surface area contributed by atoms with Gasteiger partial charge in [-0.25, -0.2) is 0 Å². The normalized spacial score (nSPS) is 13.7. The lowest BCUT2D eigenvalue weighted by Crippen LogP contribution is -2.38. The van der Waals surface area contributed by atoms with Crippen LogP contribution in [0.3, 0.4) is 0 Å². The van der Waals surface area contributed by atoms with Crippen molar-refractivity contribution < 1.29 is 9.53 Å². The van der Waals surface area contributed by atoms with Crippen LogP contribution in [-0.4, -0.2) is 24.0 Å². The molecule has 0 aliphatic carbocycles. The fourth-order valence-electron chi connectivity index (χ4n) is 3.14. The Hall–Kier alpha value is -2.75. The minimum atomic E-state index is 0.144. The molecule has 4 heteroatoms. The van der Waals surface area contributed by atoms with Crippen LogP contribution in [0.5, 0.6) is 5.75 Å². The quantitative estimate of drug-likeness (QED) is 0.804. The first-order valence-electron chi connectivity index (χ1n) is 7.90. The van der Waals surface area contributed by atoms with Crippen LogP contribution in [0.2, 0.25) is 0 Å². The zero-order valence-electron chi connectivity index (χ0n) is 12.8. The van der Waals surface area contributed by atoms with Gasteiger partial charge < -0.3 is 14.6 Å². The molecule has 1 N–H and O–H groups in total. The molecule has 0 saturated heterocycles. The molecule has 116 valence electrons. The van der Waals surface area contributed by atoms with E-state index in [0.717, 1.165) is 23.4 Å². The molecule has 4 rings (SSSR count). The highest BCUT2D eigenvalue weighted by Gasteiger charge is 2.23. The van der Waals surface area contributed by atoms with E-state index in [4.69, 9.17) is 4.74 Å². The lowest BCUT2D eigenvalue weighted by Gasteiger charge is -2.29. The number of hydrogen-bond donors (Lipinski definition) is 1. The first kappa shape index (κ1) is 13.9. The maximum Gasteiger partial charge on any atom is 0.227 e. The maximum atomic E-state index is 12.7. The summed E-state index contributed by atoms with van der Waals surface area (Å²) in [6.45, 7) is 1.17. The van der Waals surface area contributed by atoms with Crippen LogP contribution >= 0.6 is 0 Å². The van der Waals surface area contributed by atoms with Crippen LogP contribution in [0.4, 0.5) is 5.69 Å². The number of fused-ring (bicyclic) bond motifs is 2. The molecule has 0 spiro atoms. The van der Waals surface area contributed by atoms with Gasteiger partial charge in [0.1, 0.15) is 12.4 Å². The standard InChI is InChI=1S/C19H18N2O2/c22-19(21-11-12-23-18-8-4-3-7-17(18)21)10-9-14-13-20-16-6-2-1-5-15(14)16/h1-8,13,20H,9-12H2. The molecular formula is C19H18N2O2. The van der Waals surface area contributed by atoms with Crippen molar-refractivity contribution in [3.05, 3.63) is 60.3 Å². The van der Waals surface area contributed by atoms with Crippen molar-refractivity contribution in [1.82, 2.24) is 4.98 Å². The Morgan fingerprint density at radius 2 is 1.96 bits per heavy atom. The number of carbonyl (C=O) groups is 1. The van der Waals surface area contributed by atoms with Gasteiger partial charge in [0.05, 0.1) is 12.2 Å². The summed E-state index contributed by atoms with van der Waals surface area (Å²) in [4.78, 5) is 17.8. The van der Waals surface area contributed by atoms with E-state index < -0.39 is 0 Å². The van der Waals surface area contributed by atoms with E-state index in [-0.39, 0.29) is 5.91 Å². The van der Waals surface area contributed by atoms with Gasteiger partial charge in [0.2, 0.25) is 5.91 Å². The number of benzene rings is 2. The highest BCUT2D eigenvalue weighted by Crippen LogP contribution is 2.31. The fourth-order valence-corrected chi connectivity index (χ4v) is 3.14. The van der Waals surface area contributed by atoms with Crippen molar-refractivity contribution in [3.63, 3.8) is 0 Å². The monoisotopic (exact) mass is 306 g/mol. The third-order valence-corrected chi connectivity index (χ3v) is 4.31. The number of nitrogens with zero attached hydrogens (tertiary/aromatic N) is 1. The van der Waals surface area contributed by atoms with Crippen LogP contribution < -0.4 is 9.64 Å². The number of carbonyl (C=O) groups excluding carboxylic acids is 1. The van der Waals surface area contributed by atoms with Crippen LogP contribution in [0, 0.1) is 0 Å². The predicted molar refractivity (Wildman–Crippen MR) is 90.9 cm³/mol. The molecule has 23 heavy (non-hydrogen) atoms. The Labute approximate surface area is 134 Å². The van der Waals surface area contributed by atoms with Gasteiger partial charge >= 0.3 is 0 Å². The third-order valence-electron chi connectivity index (χ3n) is 4.31. The van der Waals surface area contributed by atoms with E-state index in [1.54, 1.807) is 0 Å². The minimum absolute atomic E-state index is 0.144. The molecule has 1 aliphatic heterocycles. The van der Waals surface area contributed by atoms with Gasteiger partial charge in [0, 0.05) is 23.5 Å². The third kappa shape index (κ3) is 2.57. The maximum absolute atomic E-state index is 12.7. The van der Waals surface area contributed by atoms with Crippen molar-refractivity contribution >= 4 is 22.5 Å². The molecule has 2 aromatic carbocycles. The number of para-hydroxylation sites is 3. The number of amides is 1.